The summed E-state index contributed by atoms with van der Waals surface area (Å²) in [5, 5.41) is 12.2. The van der Waals surface area contributed by atoms with E-state index in [1.54, 1.807) is 6.07 Å². The number of carboxylic acid groups (broad SMARTS) is 1. The number of hydrogen-bond donors (Lipinski definition) is 2. The Morgan fingerprint density at radius 3 is 2.71 bits per heavy atom. The molecule has 0 radical (unpaired) electrons. The molecule has 1 aromatic carbocycles. The number of aliphatic carboxylic acids is 1. The van der Waals surface area contributed by atoms with Crippen molar-refractivity contribution >= 4 is 23.3 Å². The van der Waals surface area contributed by atoms with Crippen molar-refractivity contribution < 1.29 is 14.3 Å². The molecular weight excluding hydrogens is 245 g/mol. The summed E-state index contributed by atoms with van der Waals surface area (Å²) in [7, 11) is 0. The van der Waals surface area contributed by atoms with Gasteiger partial charge in [0, 0.05) is 12.2 Å². The Bertz CT molecular complexity index is 446. The van der Waals surface area contributed by atoms with Gasteiger partial charge in [-0.05, 0) is 31.0 Å². The number of nitrogens with one attached hydrogen (secondary N) is 1. The number of benzene rings is 1. The molecule has 0 aromatic heterocycles. The van der Waals surface area contributed by atoms with Crippen LogP contribution in [-0.4, -0.2) is 17.6 Å². The van der Waals surface area contributed by atoms with Crippen LogP contribution >= 0.6 is 11.6 Å². The lowest BCUT2D eigenvalue weighted by atomic mass is 9.69. The fourth-order valence-electron chi connectivity index (χ4n) is 1.95. The van der Waals surface area contributed by atoms with Gasteiger partial charge in [-0.25, -0.2) is 4.39 Å². The predicted octanol–water partition coefficient (Wildman–Crippen LogP) is 3.15. The number of halogens is 2. The Morgan fingerprint density at radius 2 is 2.24 bits per heavy atom. The van der Waals surface area contributed by atoms with Crippen LogP contribution in [0, 0.1) is 11.2 Å². The average Bonchev–Trinajstić information content (AvgIpc) is 2.21. The first-order valence-corrected chi connectivity index (χ1v) is 5.84. The van der Waals surface area contributed by atoms with Gasteiger partial charge in [-0.2, -0.15) is 0 Å². The maximum absolute atomic E-state index is 12.9. The lowest BCUT2D eigenvalue weighted by Gasteiger charge is -2.37. The van der Waals surface area contributed by atoms with Crippen LogP contribution in [0.1, 0.15) is 19.3 Å². The molecule has 0 bridgehead atoms. The molecule has 92 valence electrons. The van der Waals surface area contributed by atoms with Crippen LogP contribution in [0.3, 0.4) is 0 Å². The molecule has 0 aliphatic heterocycles. The molecule has 17 heavy (non-hydrogen) atoms. The van der Waals surface area contributed by atoms with E-state index in [9.17, 15) is 9.18 Å². The van der Waals surface area contributed by atoms with Gasteiger partial charge in [-0.1, -0.05) is 18.0 Å². The van der Waals surface area contributed by atoms with Gasteiger partial charge >= 0.3 is 5.97 Å². The molecular formula is C12H13ClFNO2. The van der Waals surface area contributed by atoms with Crippen molar-refractivity contribution in [1.29, 1.82) is 0 Å². The summed E-state index contributed by atoms with van der Waals surface area (Å²) in [5.41, 5.74) is -0.0233. The minimum atomic E-state index is -0.774. The second-order valence-corrected chi connectivity index (χ2v) is 4.83. The summed E-state index contributed by atoms with van der Waals surface area (Å²) >= 11 is 5.64. The van der Waals surface area contributed by atoms with E-state index in [0.29, 0.717) is 25.1 Å². The minimum Gasteiger partial charge on any atom is -0.481 e. The van der Waals surface area contributed by atoms with Gasteiger partial charge in [0.2, 0.25) is 0 Å². The van der Waals surface area contributed by atoms with E-state index >= 15 is 0 Å². The maximum atomic E-state index is 12.9. The van der Waals surface area contributed by atoms with Gasteiger partial charge in [-0.3, -0.25) is 4.79 Å². The molecule has 3 nitrogen and oxygen atoms in total. The molecule has 2 rings (SSSR count). The zero-order valence-corrected chi connectivity index (χ0v) is 9.93. The molecule has 0 saturated heterocycles. The molecule has 0 spiro atoms. The smallest absolute Gasteiger partial charge is 0.311 e. The van der Waals surface area contributed by atoms with Gasteiger partial charge in [0.1, 0.15) is 5.82 Å². The Kier molecular flexibility index (Phi) is 3.24. The van der Waals surface area contributed by atoms with Crippen molar-refractivity contribution in [3.8, 4) is 0 Å². The number of carboxylic acids is 1. The number of hydrogen-bond acceptors (Lipinski definition) is 2. The van der Waals surface area contributed by atoms with Gasteiger partial charge in [0.15, 0.2) is 0 Å². The molecule has 1 saturated carbocycles. The van der Waals surface area contributed by atoms with E-state index in [1.807, 2.05) is 0 Å². The maximum Gasteiger partial charge on any atom is 0.311 e. The monoisotopic (exact) mass is 257 g/mol. The van der Waals surface area contributed by atoms with E-state index in [-0.39, 0.29) is 5.02 Å². The summed E-state index contributed by atoms with van der Waals surface area (Å²) in [6.07, 6.45) is 2.31. The number of rotatable bonds is 4. The predicted molar refractivity (Wildman–Crippen MR) is 63.8 cm³/mol. The largest absolute Gasteiger partial charge is 0.481 e. The van der Waals surface area contributed by atoms with Crippen molar-refractivity contribution in [1.82, 2.24) is 0 Å². The van der Waals surface area contributed by atoms with Crippen LogP contribution in [-0.2, 0) is 4.79 Å². The SMILES string of the molecule is O=C(O)C1(CNc2ccc(F)c(Cl)c2)CCC1. The van der Waals surface area contributed by atoms with E-state index in [4.69, 9.17) is 16.7 Å². The van der Waals surface area contributed by atoms with Gasteiger partial charge in [0.25, 0.3) is 0 Å². The summed E-state index contributed by atoms with van der Waals surface area (Å²) in [4.78, 5) is 11.1. The Morgan fingerprint density at radius 1 is 1.53 bits per heavy atom. The van der Waals surface area contributed by atoms with Crippen molar-refractivity contribution in [3.63, 3.8) is 0 Å². The highest BCUT2D eigenvalue weighted by Gasteiger charge is 2.44. The van der Waals surface area contributed by atoms with Crippen LogP contribution in [0.25, 0.3) is 0 Å². The molecule has 0 amide bonds. The number of anilines is 1. The highest BCUT2D eigenvalue weighted by Crippen LogP contribution is 2.41. The van der Waals surface area contributed by atoms with Crippen LogP contribution in [0.15, 0.2) is 18.2 Å². The second-order valence-electron chi connectivity index (χ2n) is 4.42. The zero-order valence-electron chi connectivity index (χ0n) is 9.17. The normalized spacial score (nSPS) is 17.3. The highest BCUT2D eigenvalue weighted by atomic mass is 35.5. The quantitative estimate of drug-likeness (QED) is 0.871. The molecule has 1 aliphatic rings. The van der Waals surface area contributed by atoms with E-state index in [1.165, 1.54) is 12.1 Å². The third-order valence-electron chi connectivity index (χ3n) is 3.31. The van der Waals surface area contributed by atoms with Gasteiger partial charge in [0.05, 0.1) is 10.4 Å². The first-order valence-electron chi connectivity index (χ1n) is 5.46. The van der Waals surface area contributed by atoms with Crippen LogP contribution in [0.4, 0.5) is 10.1 Å². The van der Waals surface area contributed by atoms with Gasteiger partial charge in [-0.15, -0.1) is 0 Å². The third-order valence-corrected chi connectivity index (χ3v) is 3.60. The van der Waals surface area contributed by atoms with Crippen molar-refractivity contribution in [3.05, 3.63) is 29.0 Å². The second kappa shape index (κ2) is 4.53. The van der Waals surface area contributed by atoms with Gasteiger partial charge < -0.3 is 10.4 Å². The van der Waals surface area contributed by atoms with Crippen LogP contribution < -0.4 is 5.32 Å². The Hall–Kier alpha value is -1.29. The van der Waals surface area contributed by atoms with Crippen molar-refractivity contribution in [2.45, 2.75) is 19.3 Å². The molecule has 0 heterocycles. The van der Waals surface area contributed by atoms with E-state index < -0.39 is 17.2 Å². The summed E-state index contributed by atoms with van der Waals surface area (Å²) in [6.45, 7) is 0.351. The molecule has 2 N–H and O–H groups in total. The summed E-state index contributed by atoms with van der Waals surface area (Å²) in [5.74, 6) is -1.25. The molecule has 5 heteroatoms. The minimum absolute atomic E-state index is 0.0352. The first kappa shape index (κ1) is 12.2. The molecule has 1 aromatic rings. The van der Waals surface area contributed by atoms with E-state index in [0.717, 1.165) is 6.42 Å². The van der Waals surface area contributed by atoms with Crippen LogP contribution in [0.2, 0.25) is 5.02 Å². The summed E-state index contributed by atoms with van der Waals surface area (Å²) in [6, 6.07) is 4.28. The Labute approximate surface area is 104 Å². The number of carbonyl (C=O) groups is 1. The fraction of sp³-hybridized carbons (Fsp3) is 0.417. The molecule has 0 atom stereocenters. The lowest BCUT2D eigenvalue weighted by Crippen LogP contribution is -2.43. The lowest BCUT2D eigenvalue weighted by molar-refractivity contribution is -0.153. The standard InChI is InChI=1S/C12H13ClFNO2/c13-9-6-8(2-3-10(9)14)15-7-12(11(16)17)4-1-5-12/h2-3,6,15H,1,4-5,7H2,(H,16,17). The molecule has 0 unspecified atom stereocenters. The fourth-order valence-corrected chi connectivity index (χ4v) is 2.13. The van der Waals surface area contributed by atoms with E-state index in [2.05, 4.69) is 5.32 Å². The molecule has 1 aliphatic carbocycles. The van der Waals surface area contributed by atoms with Crippen molar-refractivity contribution in [2.24, 2.45) is 5.41 Å². The molecule has 1 fully saturated rings. The topological polar surface area (TPSA) is 49.3 Å². The summed E-state index contributed by atoms with van der Waals surface area (Å²) < 4.78 is 12.9. The Balaban J connectivity index is 2.02. The highest BCUT2D eigenvalue weighted by molar-refractivity contribution is 6.31. The zero-order chi connectivity index (χ0) is 12.5. The average molecular weight is 258 g/mol. The van der Waals surface area contributed by atoms with Crippen LogP contribution in [0.5, 0.6) is 0 Å². The first-order chi connectivity index (χ1) is 8.03. The third kappa shape index (κ3) is 2.36. The van der Waals surface area contributed by atoms with Crippen molar-refractivity contribution in [2.75, 3.05) is 11.9 Å².